The zero-order chi connectivity index (χ0) is 58.5. The molecule has 1 saturated heterocycles. The van der Waals surface area contributed by atoms with Crippen LogP contribution in [-0.4, -0.2) is 181 Å². The molecule has 6 amide bonds. The van der Waals surface area contributed by atoms with Crippen molar-refractivity contribution in [3.8, 4) is 27.6 Å². The number of β-amino-alcohol motifs (C(OH)–C–C–N with tert-alkyl or cyclic N) is 1. The fourth-order valence-electron chi connectivity index (χ4n) is 8.82. The summed E-state index contributed by atoms with van der Waals surface area (Å²) in [5, 5.41) is 36.7. The number of likely N-dealkylation sites (tertiary alicyclic amines) is 1. The highest BCUT2D eigenvalue weighted by molar-refractivity contribution is 7.13. The lowest BCUT2D eigenvalue weighted by Crippen LogP contribution is -2.53. The van der Waals surface area contributed by atoms with Gasteiger partial charge in [0.25, 0.3) is 5.91 Å². The maximum absolute atomic E-state index is 14.3. The Bertz CT molecular complexity index is 2900. The number of ether oxygens (including phenoxy) is 6. The average molecular weight is 1140 g/mol. The van der Waals surface area contributed by atoms with Gasteiger partial charge in [0, 0.05) is 46.1 Å². The van der Waals surface area contributed by atoms with Crippen LogP contribution in [0.15, 0.2) is 60.4 Å². The van der Waals surface area contributed by atoms with Gasteiger partial charge in [0.1, 0.15) is 12.4 Å². The predicted octanol–water partition coefficient (Wildman–Crippen LogP) is 2.39. The highest BCUT2D eigenvalue weighted by Gasteiger charge is 2.48. The second-order valence-corrected chi connectivity index (χ2v) is 20.7. The number of thiazole rings is 1. The molecule has 0 bridgehead atoms. The molecule has 0 radical (unpaired) electrons. The van der Waals surface area contributed by atoms with E-state index in [-0.39, 0.29) is 109 Å². The normalized spacial score (nSPS) is 14.9. The molecular formula is C54H73N13O13S. The van der Waals surface area contributed by atoms with E-state index in [1.807, 2.05) is 52.0 Å². The van der Waals surface area contributed by atoms with Crippen molar-refractivity contribution in [1.82, 2.24) is 50.8 Å². The first kappa shape index (κ1) is 62.7. The number of nitrogens with one attached hydrogen (secondary N) is 5. The highest BCUT2D eigenvalue weighted by Crippen LogP contribution is 2.38. The van der Waals surface area contributed by atoms with Crippen LogP contribution in [0.2, 0.25) is 0 Å². The van der Waals surface area contributed by atoms with Crippen LogP contribution in [-0.2, 0) is 61.2 Å². The number of carbonyl (C=O) groups is 6. The fraction of sp³-hybridized carbons (Fsp3) is 0.500. The molecule has 5 aromatic rings. The molecule has 1 aliphatic rings. The third-order valence-electron chi connectivity index (χ3n) is 12.8. The summed E-state index contributed by atoms with van der Waals surface area (Å²) in [5.74, 6) is -4.26. The van der Waals surface area contributed by atoms with Crippen molar-refractivity contribution in [3.63, 3.8) is 0 Å². The fourth-order valence-corrected chi connectivity index (χ4v) is 9.63. The van der Waals surface area contributed by atoms with Crippen LogP contribution < -0.4 is 37.1 Å². The van der Waals surface area contributed by atoms with E-state index in [9.17, 15) is 33.9 Å². The Kier molecular flexibility index (Phi) is 23.9. The molecule has 4 heterocycles. The molecule has 2 aromatic carbocycles. The first-order chi connectivity index (χ1) is 38.9. The van der Waals surface area contributed by atoms with Crippen LogP contribution in [0, 0.1) is 24.2 Å². The lowest BCUT2D eigenvalue weighted by Gasteiger charge is -2.38. The van der Waals surface area contributed by atoms with Gasteiger partial charge in [-0.15, -0.1) is 21.5 Å². The number of aliphatic hydroxyl groups excluding tert-OH is 1. The molecule has 0 aliphatic carbocycles. The lowest BCUT2D eigenvalue weighted by atomic mass is 9.72. The van der Waals surface area contributed by atoms with E-state index in [0.29, 0.717) is 29.4 Å². The Hall–Kier alpha value is -7.53. The third-order valence-corrected chi connectivity index (χ3v) is 13.8. The Morgan fingerprint density at radius 2 is 1.52 bits per heavy atom. The molecule has 26 nitrogen and oxygen atoms in total. The monoisotopic (exact) mass is 1140 g/mol. The average Bonchev–Trinajstić information content (AvgIpc) is 4.30. The molecule has 8 N–H and O–H groups in total. The number of hydrogen-bond acceptors (Lipinski definition) is 20. The second-order valence-electron chi connectivity index (χ2n) is 19.9. The number of benzene rings is 2. The van der Waals surface area contributed by atoms with Gasteiger partial charge >= 0.3 is 0 Å². The maximum Gasteiger partial charge on any atom is 0.273 e. The lowest BCUT2D eigenvalue weighted by molar-refractivity contribution is -0.151. The van der Waals surface area contributed by atoms with E-state index < -0.39 is 64.8 Å². The second kappa shape index (κ2) is 30.9. The minimum Gasteiger partial charge on any atom is -0.494 e. The number of nitrogens with two attached hydrogens (primary N) is 1. The molecule has 0 spiro atoms. The summed E-state index contributed by atoms with van der Waals surface area (Å²) in [4.78, 5) is 89.6. The third kappa shape index (κ3) is 18.5. The number of aromatic nitrogens is 6. The Morgan fingerprint density at radius 3 is 2.11 bits per heavy atom. The molecule has 0 saturated carbocycles. The predicted molar refractivity (Wildman–Crippen MR) is 298 cm³/mol. The van der Waals surface area contributed by atoms with Crippen molar-refractivity contribution in [2.24, 2.45) is 30.0 Å². The molecule has 27 heteroatoms. The van der Waals surface area contributed by atoms with Crippen LogP contribution in [0.3, 0.4) is 0 Å². The van der Waals surface area contributed by atoms with Crippen LogP contribution in [0.5, 0.6) is 5.75 Å². The number of methoxy groups -OCH3 is 1. The number of hydrogen-bond donors (Lipinski definition) is 7. The zero-order valence-corrected chi connectivity index (χ0v) is 47.5. The quantitative estimate of drug-likeness (QED) is 0.0304. The first-order valence-electron chi connectivity index (χ1n) is 26.3. The molecule has 438 valence electrons. The maximum atomic E-state index is 14.3. The summed E-state index contributed by atoms with van der Waals surface area (Å²) < 4.78 is 35.2. The molecule has 1 unspecified atom stereocenters. The highest BCUT2D eigenvalue weighted by atomic mass is 32.1. The van der Waals surface area contributed by atoms with E-state index >= 15 is 0 Å². The zero-order valence-electron chi connectivity index (χ0n) is 46.7. The Balaban J connectivity index is 0.806. The smallest absolute Gasteiger partial charge is 0.273 e. The largest absolute Gasteiger partial charge is 0.494 e. The standard InChI is InChI=1S/C54H73N13O13S/c1-33-48(81-32-60-33)35-13-11-34(12-14-35)27-58-51(72)41-25-36(68)29-67(41)53(74)45(54(2,3)4)38(49(55)71)30-80-24-23-79-22-21-78-20-19-77-18-17-76-16-15-43(69)57-28-44(70)62-42-26-40(46(64-63-42)52(73)56-5)61-39-10-8-9-37(47(39)75-7)50-59-31-66(6)65-50/h8-14,26,31-32,36,38,41,45,68H,15-25,27-30H2,1-7H3,(H2,55,71)(H,56,73)(H,57,69)(H,58,72)(H2,61,62,63,70)/t36-,38?,41+,45-/m1/s1. The molecule has 1 fully saturated rings. The van der Waals surface area contributed by atoms with Gasteiger partial charge < -0.3 is 70.7 Å². The van der Waals surface area contributed by atoms with Gasteiger partial charge in [0.05, 0.1) is 131 Å². The van der Waals surface area contributed by atoms with E-state index in [2.05, 4.69) is 51.8 Å². The van der Waals surface area contributed by atoms with Crippen LogP contribution in [0.4, 0.5) is 17.2 Å². The number of aliphatic hydroxyl groups is 1. The van der Waals surface area contributed by atoms with Gasteiger partial charge in [-0.3, -0.25) is 33.4 Å². The van der Waals surface area contributed by atoms with Crippen molar-refractivity contribution < 1.29 is 62.3 Å². The SMILES string of the molecule is CNC(=O)c1nnc(NC(=O)CNC(=O)CCOCCOCCOCCOCCOCC(C(N)=O)[C@H](C(=O)N2C[C@H](O)C[C@H]2C(=O)NCc2ccc(-c3scnc3C)cc2)C(C)(C)C)cc1Nc1cccc(-c2ncn(C)n2)c1OC. The van der Waals surface area contributed by atoms with E-state index in [0.717, 1.165) is 21.7 Å². The summed E-state index contributed by atoms with van der Waals surface area (Å²) in [6.07, 6.45) is 0.685. The van der Waals surface area contributed by atoms with Gasteiger partial charge in [-0.1, -0.05) is 51.1 Å². The molecule has 81 heavy (non-hydrogen) atoms. The van der Waals surface area contributed by atoms with E-state index in [1.54, 1.807) is 53.1 Å². The van der Waals surface area contributed by atoms with Crippen molar-refractivity contribution in [2.75, 3.05) is 104 Å². The van der Waals surface area contributed by atoms with Crippen molar-refractivity contribution >= 4 is 64.0 Å². The molecular weight excluding hydrogens is 1070 g/mol. The minimum atomic E-state index is -1.02. The molecule has 1 aliphatic heterocycles. The van der Waals surface area contributed by atoms with E-state index in [1.165, 1.54) is 25.1 Å². The first-order valence-corrected chi connectivity index (χ1v) is 27.2. The van der Waals surface area contributed by atoms with Gasteiger partial charge in [-0.05, 0) is 35.6 Å². The molecule has 3 aromatic heterocycles. The number of para-hydroxylation sites is 1. The summed E-state index contributed by atoms with van der Waals surface area (Å²) >= 11 is 1.56. The van der Waals surface area contributed by atoms with Crippen molar-refractivity contribution in [3.05, 3.63) is 77.3 Å². The summed E-state index contributed by atoms with van der Waals surface area (Å²) in [6, 6.07) is 13.6. The number of primary amides is 1. The summed E-state index contributed by atoms with van der Waals surface area (Å²) in [6.45, 7) is 9.03. The number of rotatable bonds is 32. The van der Waals surface area contributed by atoms with Gasteiger partial charge in [-0.2, -0.15) is 5.10 Å². The molecule has 6 rings (SSSR count). The number of aryl methyl sites for hydroxylation is 2. The van der Waals surface area contributed by atoms with E-state index in [4.69, 9.17) is 34.2 Å². The minimum absolute atomic E-state index is 0.00664. The van der Waals surface area contributed by atoms with Gasteiger partial charge in [0.2, 0.25) is 29.5 Å². The van der Waals surface area contributed by atoms with Crippen LogP contribution in [0.1, 0.15) is 55.4 Å². The van der Waals surface area contributed by atoms with Gasteiger partial charge in [0.15, 0.2) is 23.1 Å². The van der Waals surface area contributed by atoms with Gasteiger partial charge in [-0.25, -0.2) is 9.97 Å². The topological polar surface area (TPSA) is 337 Å². The van der Waals surface area contributed by atoms with Crippen LogP contribution in [0.25, 0.3) is 21.8 Å². The Labute approximate surface area is 473 Å². The van der Waals surface area contributed by atoms with Crippen molar-refractivity contribution in [1.29, 1.82) is 0 Å². The number of amides is 6. The summed E-state index contributed by atoms with van der Waals surface area (Å²) in [7, 11) is 4.68. The van der Waals surface area contributed by atoms with Crippen LogP contribution >= 0.6 is 11.3 Å². The summed E-state index contributed by atoms with van der Waals surface area (Å²) in [5.41, 5.74) is 11.0. The molecule has 4 atom stereocenters. The number of nitrogens with zero attached hydrogens (tertiary/aromatic N) is 7. The van der Waals surface area contributed by atoms with Crippen molar-refractivity contribution in [2.45, 2.75) is 59.2 Å². The number of carbonyl (C=O) groups excluding carboxylic acids is 6. The number of anilines is 3. The Morgan fingerprint density at radius 1 is 0.852 bits per heavy atom.